The van der Waals surface area contributed by atoms with Gasteiger partial charge in [-0.05, 0) is 73.5 Å². The van der Waals surface area contributed by atoms with E-state index in [0.717, 1.165) is 56.8 Å². The van der Waals surface area contributed by atoms with E-state index in [0.29, 0.717) is 18.1 Å². The molecular weight excluding hydrogens is 494 g/mol. The number of sulfonamides is 1. The van der Waals surface area contributed by atoms with Gasteiger partial charge in [0.05, 0.1) is 18.1 Å². The van der Waals surface area contributed by atoms with Gasteiger partial charge < -0.3 is 15.0 Å². The highest BCUT2D eigenvalue weighted by atomic mass is 32.2. The van der Waals surface area contributed by atoms with Crippen molar-refractivity contribution in [2.45, 2.75) is 43.7 Å². The molecule has 1 aromatic heterocycles. The number of hydrogen-bond acceptors (Lipinski definition) is 8. The van der Waals surface area contributed by atoms with E-state index in [1.54, 1.807) is 16.4 Å². The average Bonchev–Trinajstić information content (AvgIpc) is 3.38. The Kier molecular flexibility index (Phi) is 7.49. The van der Waals surface area contributed by atoms with Crippen LogP contribution in [0.25, 0.3) is 11.4 Å². The summed E-state index contributed by atoms with van der Waals surface area (Å²) in [5.74, 6) is 0.0923. The molecule has 2 fully saturated rings. The van der Waals surface area contributed by atoms with E-state index in [-0.39, 0.29) is 23.4 Å². The van der Waals surface area contributed by atoms with Crippen LogP contribution in [0, 0.1) is 0 Å². The number of tetrazole rings is 1. The minimum atomic E-state index is -3.56. The molecule has 2 aliphatic rings. The number of nitrogens with zero attached hydrogens (tertiary/aromatic N) is 6. The zero-order valence-electron chi connectivity index (χ0n) is 20.8. The van der Waals surface area contributed by atoms with Gasteiger partial charge in [0.15, 0.2) is 0 Å². The van der Waals surface area contributed by atoms with Gasteiger partial charge in [0, 0.05) is 42.6 Å². The molecule has 12 heteroatoms. The van der Waals surface area contributed by atoms with Crippen LogP contribution in [-0.2, 0) is 26.1 Å². The van der Waals surface area contributed by atoms with E-state index < -0.39 is 10.0 Å². The number of piperidine rings is 1. The number of hydrogen-bond donors (Lipinski definition) is 1. The highest BCUT2D eigenvalue weighted by Crippen LogP contribution is 2.26. The third kappa shape index (κ3) is 5.81. The van der Waals surface area contributed by atoms with Crippen LogP contribution in [0.1, 0.15) is 26.2 Å². The molecule has 0 spiro atoms. The lowest BCUT2D eigenvalue weighted by Crippen LogP contribution is -2.41. The summed E-state index contributed by atoms with van der Waals surface area (Å²) >= 11 is 0. The summed E-state index contributed by atoms with van der Waals surface area (Å²) in [4.78, 5) is 16.3. The maximum absolute atomic E-state index is 13.0. The van der Waals surface area contributed by atoms with Crippen LogP contribution < -0.4 is 10.2 Å². The van der Waals surface area contributed by atoms with E-state index in [9.17, 15) is 13.2 Å². The molecule has 196 valence electrons. The first-order valence-electron chi connectivity index (χ1n) is 12.5. The summed E-state index contributed by atoms with van der Waals surface area (Å²) in [5, 5.41) is 15.2. The van der Waals surface area contributed by atoms with E-state index in [1.165, 1.54) is 16.9 Å². The van der Waals surface area contributed by atoms with Crippen LogP contribution in [-0.4, -0.2) is 77.7 Å². The average molecular weight is 526 g/mol. The standard InChI is InChI=1S/C25H31N7O4S/c1-19-4-2-3-13-31(19)37(34,35)23-11-7-21(8-12-23)26-24(33)18-32-28-25(27-29-32)20-5-9-22(10-6-20)30-14-16-36-17-15-30/h5-12,19H,2-4,13-18H2,1H3,(H,26,33)/t19-/m0/s1. The fraction of sp³-hybridized carbons (Fsp3) is 0.440. The van der Waals surface area contributed by atoms with Crippen LogP contribution in [0.2, 0.25) is 0 Å². The van der Waals surface area contributed by atoms with Crippen LogP contribution in [0.3, 0.4) is 0 Å². The first-order valence-corrected chi connectivity index (χ1v) is 14.0. The summed E-state index contributed by atoms with van der Waals surface area (Å²) in [5.41, 5.74) is 2.42. The number of ether oxygens (including phenoxy) is 1. The number of amides is 1. The van der Waals surface area contributed by atoms with Gasteiger partial charge in [-0.15, -0.1) is 10.2 Å². The summed E-state index contributed by atoms with van der Waals surface area (Å²) < 4.78 is 33.0. The predicted octanol–water partition coefficient (Wildman–Crippen LogP) is 2.38. The molecule has 3 aromatic rings. The fourth-order valence-electron chi connectivity index (χ4n) is 4.67. The monoisotopic (exact) mass is 525 g/mol. The third-order valence-corrected chi connectivity index (χ3v) is 8.75. The summed E-state index contributed by atoms with van der Waals surface area (Å²) in [6.45, 7) is 5.52. The maximum Gasteiger partial charge on any atom is 0.248 e. The van der Waals surface area contributed by atoms with Crippen molar-refractivity contribution < 1.29 is 17.9 Å². The molecule has 11 nitrogen and oxygen atoms in total. The van der Waals surface area contributed by atoms with Crippen molar-refractivity contribution in [3.8, 4) is 11.4 Å². The summed E-state index contributed by atoms with van der Waals surface area (Å²) in [6.07, 6.45) is 2.78. The van der Waals surface area contributed by atoms with Gasteiger partial charge in [-0.3, -0.25) is 4.79 Å². The molecule has 3 heterocycles. The van der Waals surface area contributed by atoms with Gasteiger partial charge in [0.2, 0.25) is 21.8 Å². The quantitative estimate of drug-likeness (QED) is 0.499. The molecule has 0 saturated carbocycles. The SMILES string of the molecule is C[C@H]1CCCCN1S(=O)(=O)c1ccc(NC(=O)Cn2nnc(-c3ccc(N4CCOCC4)cc3)n2)cc1. The highest BCUT2D eigenvalue weighted by molar-refractivity contribution is 7.89. The molecule has 37 heavy (non-hydrogen) atoms. The number of nitrogens with one attached hydrogen (secondary N) is 1. The van der Waals surface area contributed by atoms with Crippen LogP contribution in [0.15, 0.2) is 53.4 Å². The number of morpholine rings is 1. The zero-order chi connectivity index (χ0) is 25.8. The summed E-state index contributed by atoms with van der Waals surface area (Å²) in [7, 11) is -3.56. The largest absolute Gasteiger partial charge is 0.378 e. The van der Waals surface area contributed by atoms with Crippen molar-refractivity contribution >= 4 is 27.3 Å². The second-order valence-electron chi connectivity index (χ2n) is 9.32. The van der Waals surface area contributed by atoms with Gasteiger partial charge in [-0.25, -0.2) is 8.42 Å². The maximum atomic E-state index is 13.0. The molecule has 1 N–H and O–H groups in total. The molecule has 2 aromatic carbocycles. The van der Waals surface area contributed by atoms with Gasteiger partial charge >= 0.3 is 0 Å². The van der Waals surface area contributed by atoms with Gasteiger partial charge in [-0.2, -0.15) is 9.10 Å². The molecule has 0 bridgehead atoms. The Bertz CT molecular complexity index is 1320. The second kappa shape index (κ2) is 11.0. The fourth-order valence-corrected chi connectivity index (χ4v) is 6.37. The van der Waals surface area contributed by atoms with Crippen molar-refractivity contribution in [3.63, 3.8) is 0 Å². The zero-order valence-corrected chi connectivity index (χ0v) is 21.6. The molecule has 5 rings (SSSR count). The Morgan fingerprint density at radius 2 is 1.76 bits per heavy atom. The lowest BCUT2D eigenvalue weighted by Gasteiger charge is -2.32. The summed E-state index contributed by atoms with van der Waals surface area (Å²) in [6, 6.07) is 14.1. The smallest absolute Gasteiger partial charge is 0.248 e. The Morgan fingerprint density at radius 1 is 1.03 bits per heavy atom. The predicted molar refractivity (Wildman–Crippen MR) is 139 cm³/mol. The molecule has 2 aliphatic heterocycles. The van der Waals surface area contributed by atoms with Crippen LogP contribution in [0.4, 0.5) is 11.4 Å². The van der Waals surface area contributed by atoms with Crippen molar-refractivity contribution in [1.29, 1.82) is 0 Å². The molecule has 0 unspecified atom stereocenters. The highest BCUT2D eigenvalue weighted by Gasteiger charge is 2.30. The minimum Gasteiger partial charge on any atom is -0.378 e. The first kappa shape index (κ1) is 25.3. The topological polar surface area (TPSA) is 123 Å². The van der Waals surface area contributed by atoms with E-state index in [1.807, 2.05) is 31.2 Å². The number of carbonyl (C=O) groups excluding carboxylic acids is 1. The molecule has 0 radical (unpaired) electrons. The Balaban J connectivity index is 1.18. The minimum absolute atomic E-state index is 0.0130. The molecule has 1 amide bonds. The van der Waals surface area contributed by atoms with E-state index in [4.69, 9.17) is 4.74 Å². The molecule has 0 aliphatic carbocycles. The van der Waals surface area contributed by atoms with Gasteiger partial charge in [0.25, 0.3) is 0 Å². The first-order chi connectivity index (χ1) is 17.9. The van der Waals surface area contributed by atoms with E-state index in [2.05, 4.69) is 25.6 Å². The van der Waals surface area contributed by atoms with Gasteiger partial charge in [-0.1, -0.05) is 6.42 Å². The number of carbonyl (C=O) groups is 1. The molecular formula is C25H31N7O4S. The van der Waals surface area contributed by atoms with E-state index >= 15 is 0 Å². The number of benzene rings is 2. The second-order valence-corrected chi connectivity index (χ2v) is 11.2. The number of anilines is 2. The lowest BCUT2D eigenvalue weighted by atomic mass is 10.1. The lowest BCUT2D eigenvalue weighted by molar-refractivity contribution is -0.117. The normalized spacial score (nSPS) is 19.1. The van der Waals surface area contributed by atoms with Crippen LogP contribution >= 0.6 is 0 Å². The molecule has 1 atom stereocenters. The van der Waals surface area contributed by atoms with Crippen LogP contribution in [0.5, 0.6) is 0 Å². The van der Waals surface area contributed by atoms with Crippen molar-refractivity contribution in [2.75, 3.05) is 43.1 Å². The van der Waals surface area contributed by atoms with Gasteiger partial charge in [0.1, 0.15) is 6.54 Å². The number of aromatic nitrogens is 4. The number of rotatable bonds is 7. The molecule has 2 saturated heterocycles. The van der Waals surface area contributed by atoms with Crippen molar-refractivity contribution in [3.05, 3.63) is 48.5 Å². The van der Waals surface area contributed by atoms with Crippen molar-refractivity contribution in [2.24, 2.45) is 0 Å². The Morgan fingerprint density at radius 3 is 2.46 bits per heavy atom. The Hall–Kier alpha value is -3.35. The van der Waals surface area contributed by atoms with Crippen molar-refractivity contribution in [1.82, 2.24) is 24.5 Å². The third-order valence-electron chi connectivity index (χ3n) is 6.73. The Labute approximate surface area is 216 Å².